The van der Waals surface area contributed by atoms with E-state index in [1.807, 2.05) is 44.2 Å². The van der Waals surface area contributed by atoms with E-state index >= 15 is 0 Å². The topological polar surface area (TPSA) is 70.2 Å². The lowest BCUT2D eigenvalue weighted by atomic mass is 10.1. The van der Waals surface area contributed by atoms with Crippen LogP contribution in [-0.4, -0.2) is 16.9 Å². The van der Waals surface area contributed by atoms with Crippen LogP contribution in [0.5, 0.6) is 0 Å². The van der Waals surface area contributed by atoms with Crippen molar-refractivity contribution in [2.45, 2.75) is 20.3 Å². The molecule has 0 heterocycles. The Morgan fingerprint density at radius 2 is 1.48 bits per heavy atom. The van der Waals surface area contributed by atoms with Crippen molar-refractivity contribution in [3.63, 3.8) is 0 Å². The fourth-order valence-corrected chi connectivity index (χ4v) is 2.27. The molecule has 130 valence electrons. The number of carbonyl (C=O) groups excluding carboxylic acids is 2. The lowest BCUT2D eigenvalue weighted by Gasteiger charge is -2.11. The summed E-state index contributed by atoms with van der Waals surface area (Å²) in [7, 11) is 0. The minimum Gasteiger partial charge on any atom is -0.332 e. The highest BCUT2D eigenvalue weighted by Crippen LogP contribution is 2.14. The highest BCUT2D eigenvalue weighted by Gasteiger charge is 2.08. The smallest absolute Gasteiger partial charge is 0.230 e. The summed E-state index contributed by atoms with van der Waals surface area (Å²) >= 11 is 5.15. The van der Waals surface area contributed by atoms with Crippen LogP contribution in [0.3, 0.4) is 0 Å². The molecule has 6 heteroatoms. The maximum absolute atomic E-state index is 12.0. The van der Waals surface area contributed by atoms with Gasteiger partial charge in [0.25, 0.3) is 0 Å². The maximum Gasteiger partial charge on any atom is 0.230 e. The second-order valence-electron chi connectivity index (χ2n) is 5.89. The number of thiocarbonyl (C=S) groups is 1. The molecule has 0 spiro atoms. The number of benzene rings is 2. The SMILES string of the molecule is CC(C)C(=O)Nc1ccc(NC(=S)NC(=O)Cc2ccccc2)cc1. The fraction of sp³-hybridized carbons (Fsp3) is 0.211. The molecule has 0 aromatic heterocycles. The Hall–Kier alpha value is -2.73. The molecular formula is C19H21N3O2S. The molecule has 0 bridgehead atoms. The fourth-order valence-electron chi connectivity index (χ4n) is 2.04. The van der Waals surface area contributed by atoms with E-state index in [1.54, 1.807) is 24.3 Å². The number of hydrogen-bond donors (Lipinski definition) is 3. The third-order valence-corrected chi connectivity index (χ3v) is 3.60. The Labute approximate surface area is 152 Å². The molecule has 25 heavy (non-hydrogen) atoms. The quantitative estimate of drug-likeness (QED) is 0.720. The van der Waals surface area contributed by atoms with E-state index in [2.05, 4.69) is 16.0 Å². The van der Waals surface area contributed by atoms with Crippen LogP contribution in [0.1, 0.15) is 19.4 Å². The molecule has 0 atom stereocenters. The first-order valence-corrected chi connectivity index (χ1v) is 8.40. The summed E-state index contributed by atoms with van der Waals surface area (Å²) in [4.78, 5) is 23.6. The average molecular weight is 355 g/mol. The molecule has 3 N–H and O–H groups in total. The van der Waals surface area contributed by atoms with Crippen LogP contribution in [0.4, 0.5) is 11.4 Å². The predicted molar refractivity (Wildman–Crippen MR) is 104 cm³/mol. The van der Waals surface area contributed by atoms with Gasteiger partial charge in [-0.25, -0.2) is 0 Å². The van der Waals surface area contributed by atoms with E-state index in [4.69, 9.17) is 12.2 Å². The zero-order valence-corrected chi connectivity index (χ0v) is 15.0. The van der Waals surface area contributed by atoms with E-state index in [-0.39, 0.29) is 29.3 Å². The molecule has 0 radical (unpaired) electrons. The van der Waals surface area contributed by atoms with Gasteiger partial charge in [0.2, 0.25) is 11.8 Å². The van der Waals surface area contributed by atoms with E-state index in [0.29, 0.717) is 5.69 Å². The summed E-state index contributed by atoms with van der Waals surface area (Å²) in [6.45, 7) is 3.67. The summed E-state index contributed by atoms with van der Waals surface area (Å²) in [6.07, 6.45) is 0.267. The van der Waals surface area contributed by atoms with Gasteiger partial charge in [0, 0.05) is 17.3 Å². The summed E-state index contributed by atoms with van der Waals surface area (Å²) in [5.41, 5.74) is 2.36. The average Bonchev–Trinajstić information content (AvgIpc) is 2.57. The zero-order chi connectivity index (χ0) is 18.2. The van der Waals surface area contributed by atoms with Gasteiger partial charge in [-0.2, -0.15) is 0 Å². The van der Waals surface area contributed by atoms with Gasteiger partial charge in [-0.1, -0.05) is 44.2 Å². The first-order valence-electron chi connectivity index (χ1n) is 7.99. The second-order valence-corrected chi connectivity index (χ2v) is 6.29. The van der Waals surface area contributed by atoms with Crippen LogP contribution in [0.2, 0.25) is 0 Å². The van der Waals surface area contributed by atoms with Gasteiger partial charge in [0.05, 0.1) is 6.42 Å². The molecule has 2 rings (SSSR count). The van der Waals surface area contributed by atoms with Crippen LogP contribution in [0.15, 0.2) is 54.6 Å². The van der Waals surface area contributed by atoms with Crippen molar-refractivity contribution in [2.24, 2.45) is 5.92 Å². The van der Waals surface area contributed by atoms with Crippen molar-refractivity contribution in [2.75, 3.05) is 10.6 Å². The van der Waals surface area contributed by atoms with Gasteiger partial charge in [-0.05, 0) is 42.0 Å². The molecule has 0 aliphatic carbocycles. The van der Waals surface area contributed by atoms with Crippen molar-refractivity contribution in [1.82, 2.24) is 5.32 Å². The van der Waals surface area contributed by atoms with Crippen LogP contribution < -0.4 is 16.0 Å². The second kappa shape index (κ2) is 8.94. The van der Waals surface area contributed by atoms with Crippen molar-refractivity contribution in [3.8, 4) is 0 Å². The number of amides is 2. The van der Waals surface area contributed by atoms with E-state index in [1.165, 1.54) is 0 Å². The van der Waals surface area contributed by atoms with E-state index in [9.17, 15) is 9.59 Å². The third kappa shape index (κ3) is 6.35. The van der Waals surface area contributed by atoms with Gasteiger partial charge in [-0.3, -0.25) is 9.59 Å². The summed E-state index contributed by atoms with van der Waals surface area (Å²) in [5, 5.41) is 8.65. The highest BCUT2D eigenvalue weighted by atomic mass is 32.1. The zero-order valence-electron chi connectivity index (χ0n) is 14.2. The number of rotatable bonds is 5. The van der Waals surface area contributed by atoms with Gasteiger partial charge >= 0.3 is 0 Å². The van der Waals surface area contributed by atoms with Gasteiger partial charge < -0.3 is 16.0 Å². The molecule has 0 unspecified atom stereocenters. The molecule has 0 saturated heterocycles. The normalized spacial score (nSPS) is 10.2. The molecule has 2 aromatic rings. The van der Waals surface area contributed by atoms with Crippen LogP contribution in [-0.2, 0) is 16.0 Å². The number of anilines is 2. The largest absolute Gasteiger partial charge is 0.332 e. The van der Waals surface area contributed by atoms with Crippen LogP contribution in [0, 0.1) is 5.92 Å². The van der Waals surface area contributed by atoms with Crippen LogP contribution >= 0.6 is 12.2 Å². The number of carbonyl (C=O) groups is 2. The third-order valence-electron chi connectivity index (χ3n) is 3.40. The Morgan fingerprint density at radius 3 is 2.04 bits per heavy atom. The minimum atomic E-state index is -0.176. The summed E-state index contributed by atoms with van der Waals surface area (Å²) < 4.78 is 0. The highest BCUT2D eigenvalue weighted by molar-refractivity contribution is 7.80. The molecule has 0 saturated carbocycles. The maximum atomic E-state index is 12.0. The van der Waals surface area contributed by atoms with Crippen molar-refractivity contribution in [1.29, 1.82) is 0 Å². The molecule has 2 aromatic carbocycles. The molecule has 5 nitrogen and oxygen atoms in total. The summed E-state index contributed by atoms with van der Waals surface area (Å²) in [5.74, 6) is -0.292. The number of nitrogens with one attached hydrogen (secondary N) is 3. The minimum absolute atomic E-state index is 0.0376. The Bertz CT molecular complexity index is 743. The lowest BCUT2D eigenvalue weighted by molar-refractivity contribution is -0.119. The summed E-state index contributed by atoms with van der Waals surface area (Å²) in [6, 6.07) is 16.6. The van der Waals surface area contributed by atoms with Crippen LogP contribution in [0.25, 0.3) is 0 Å². The Morgan fingerprint density at radius 1 is 0.920 bits per heavy atom. The number of hydrogen-bond acceptors (Lipinski definition) is 3. The van der Waals surface area contributed by atoms with Gasteiger partial charge in [0.1, 0.15) is 0 Å². The first kappa shape index (κ1) is 18.6. The molecule has 0 fully saturated rings. The molecular weight excluding hydrogens is 334 g/mol. The molecule has 0 aliphatic heterocycles. The van der Waals surface area contributed by atoms with Gasteiger partial charge in [0.15, 0.2) is 5.11 Å². The van der Waals surface area contributed by atoms with Gasteiger partial charge in [-0.15, -0.1) is 0 Å². The lowest BCUT2D eigenvalue weighted by Crippen LogP contribution is -2.35. The Kier molecular flexibility index (Phi) is 6.65. The van der Waals surface area contributed by atoms with E-state index in [0.717, 1.165) is 11.3 Å². The predicted octanol–water partition coefficient (Wildman–Crippen LogP) is 3.34. The monoisotopic (exact) mass is 355 g/mol. The van der Waals surface area contributed by atoms with Crippen molar-refractivity contribution >= 4 is 40.5 Å². The Balaban J connectivity index is 1.84. The standard InChI is InChI=1S/C19H21N3O2S/c1-13(2)18(24)20-15-8-10-16(11-9-15)21-19(25)22-17(23)12-14-6-4-3-5-7-14/h3-11,13H,12H2,1-2H3,(H,20,24)(H2,21,22,23,25). The van der Waals surface area contributed by atoms with Crippen molar-refractivity contribution < 1.29 is 9.59 Å². The first-order chi connectivity index (χ1) is 11.9. The molecule has 2 amide bonds. The van der Waals surface area contributed by atoms with Crippen molar-refractivity contribution in [3.05, 3.63) is 60.2 Å². The molecule has 0 aliphatic rings. The van der Waals surface area contributed by atoms with E-state index < -0.39 is 0 Å².